The molecule has 0 saturated heterocycles. The number of hydrogen-bond acceptors (Lipinski definition) is 4. The van der Waals surface area contributed by atoms with Gasteiger partial charge >= 0.3 is 0 Å². The summed E-state index contributed by atoms with van der Waals surface area (Å²) in [7, 11) is 0. The number of benzene rings is 3. The van der Waals surface area contributed by atoms with Gasteiger partial charge in [0.2, 0.25) is 0 Å². The summed E-state index contributed by atoms with van der Waals surface area (Å²) in [5, 5.41) is 3.70. The number of allylic oxidation sites excluding steroid dienone is 1. The fourth-order valence-electron chi connectivity index (χ4n) is 4.09. The fourth-order valence-corrected chi connectivity index (χ4v) is 4.22. The minimum Gasteiger partial charge on any atom is -0.279 e. The molecule has 0 atom stereocenters. The number of fused-ring (bicyclic) bond motifs is 2. The molecule has 1 amide bonds. The van der Waals surface area contributed by atoms with Crippen LogP contribution in [0.2, 0.25) is 5.02 Å². The second-order valence-electron chi connectivity index (χ2n) is 7.52. The standard InChI is InChI=1S/C25H18ClN3O2/c26-19-8-5-17(6-9-19)25-22-14-20(28-31)10-12-23(22)29(24(30)15-27-25)21-11-7-16-3-1-2-4-18(16)13-21/h2,4-14H,1,3,15H2. The van der Waals surface area contributed by atoms with Crippen LogP contribution >= 0.6 is 11.6 Å². The number of anilines is 2. The summed E-state index contributed by atoms with van der Waals surface area (Å²) in [5.74, 6) is -0.142. The zero-order valence-electron chi connectivity index (χ0n) is 16.6. The second-order valence-corrected chi connectivity index (χ2v) is 7.95. The number of rotatable bonds is 3. The van der Waals surface area contributed by atoms with Gasteiger partial charge in [-0.3, -0.25) is 14.7 Å². The summed E-state index contributed by atoms with van der Waals surface area (Å²) >= 11 is 6.05. The van der Waals surface area contributed by atoms with Gasteiger partial charge in [0.05, 0.1) is 11.4 Å². The van der Waals surface area contributed by atoms with Crippen molar-refractivity contribution in [1.82, 2.24) is 0 Å². The molecule has 1 heterocycles. The predicted molar refractivity (Wildman–Crippen MR) is 125 cm³/mol. The molecule has 5 rings (SSSR count). The van der Waals surface area contributed by atoms with E-state index >= 15 is 0 Å². The lowest BCUT2D eigenvalue weighted by molar-refractivity contribution is -0.116. The SMILES string of the molecule is O=Nc1ccc2c(c1)C(c1ccc(Cl)cc1)=NCC(=O)N2c1ccc2c(c1)C=CCC2. The molecule has 0 unspecified atom stereocenters. The first-order valence-electron chi connectivity index (χ1n) is 10.0. The van der Waals surface area contributed by atoms with Gasteiger partial charge in [-0.05, 0) is 71.6 Å². The van der Waals surface area contributed by atoms with Gasteiger partial charge in [-0.25, -0.2) is 0 Å². The van der Waals surface area contributed by atoms with Gasteiger partial charge in [-0.2, -0.15) is 0 Å². The van der Waals surface area contributed by atoms with Crippen LogP contribution in [0.1, 0.15) is 28.7 Å². The van der Waals surface area contributed by atoms with Gasteiger partial charge in [0, 0.05) is 21.8 Å². The number of carbonyl (C=O) groups is 1. The molecule has 0 saturated carbocycles. The Morgan fingerprint density at radius 1 is 1.00 bits per heavy atom. The first-order valence-corrected chi connectivity index (χ1v) is 10.4. The molecule has 0 aromatic heterocycles. The maximum absolute atomic E-state index is 13.2. The van der Waals surface area contributed by atoms with Crippen LogP contribution in [0.25, 0.3) is 6.08 Å². The van der Waals surface area contributed by atoms with Crippen LogP contribution in [0.15, 0.2) is 76.9 Å². The molecule has 1 aliphatic heterocycles. The van der Waals surface area contributed by atoms with E-state index in [0.29, 0.717) is 22.0 Å². The Hall–Kier alpha value is -3.57. The highest BCUT2D eigenvalue weighted by Crippen LogP contribution is 2.36. The number of halogens is 1. The quantitative estimate of drug-likeness (QED) is 0.466. The highest BCUT2D eigenvalue weighted by atomic mass is 35.5. The lowest BCUT2D eigenvalue weighted by Gasteiger charge is -2.25. The number of amides is 1. The van der Waals surface area contributed by atoms with Crippen LogP contribution in [0.3, 0.4) is 0 Å². The third-order valence-corrected chi connectivity index (χ3v) is 5.84. The van der Waals surface area contributed by atoms with Crippen molar-refractivity contribution < 1.29 is 4.79 Å². The summed E-state index contributed by atoms with van der Waals surface area (Å²) in [6.07, 6.45) is 6.26. The first-order chi connectivity index (χ1) is 15.1. The average Bonchev–Trinajstić information content (AvgIpc) is 2.95. The van der Waals surface area contributed by atoms with Gasteiger partial charge < -0.3 is 0 Å². The summed E-state index contributed by atoms with van der Waals surface area (Å²) < 4.78 is 0. The monoisotopic (exact) mass is 427 g/mol. The van der Waals surface area contributed by atoms with Crippen molar-refractivity contribution in [3.8, 4) is 0 Å². The third kappa shape index (κ3) is 3.57. The lowest BCUT2D eigenvalue weighted by Crippen LogP contribution is -2.27. The van der Waals surface area contributed by atoms with E-state index in [1.54, 1.807) is 35.2 Å². The van der Waals surface area contributed by atoms with E-state index in [1.807, 2.05) is 24.3 Å². The van der Waals surface area contributed by atoms with Crippen molar-refractivity contribution in [3.63, 3.8) is 0 Å². The van der Waals surface area contributed by atoms with Crippen molar-refractivity contribution in [2.24, 2.45) is 10.2 Å². The Bertz CT molecular complexity index is 1260. The molecule has 2 aliphatic rings. The van der Waals surface area contributed by atoms with Gasteiger partial charge in [0.1, 0.15) is 12.2 Å². The number of nitroso groups, excluding NO2 is 1. The maximum Gasteiger partial charge on any atom is 0.253 e. The van der Waals surface area contributed by atoms with Gasteiger partial charge in [0.25, 0.3) is 5.91 Å². The largest absolute Gasteiger partial charge is 0.279 e. The Labute approximate surface area is 184 Å². The van der Waals surface area contributed by atoms with Crippen molar-refractivity contribution in [2.45, 2.75) is 12.8 Å². The molecule has 1 aliphatic carbocycles. The molecular weight excluding hydrogens is 410 g/mol. The van der Waals surface area contributed by atoms with E-state index in [-0.39, 0.29) is 18.1 Å². The third-order valence-electron chi connectivity index (χ3n) is 5.59. The smallest absolute Gasteiger partial charge is 0.253 e. The predicted octanol–water partition coefficient (Wildman–Crippen LogP) is 6.21. The minimum absolute atomic E-state index is 0.0105. The van der Waals surface area contributed by atoms with Gasteiger partial charge in [-0.15, -0.1) is 4.91 Å². The van der Waals surface area contributed by atoms with Crippen molar-refractivity contribution in [2.75, 3.05) is 11.4 Å². The summed E-state index contributed by atoms with van der Waals surface area (Å²) in [6.45, 7) is -0.0105. The normalized spacial score (nSPS) is 15.1. The van der Waals surface area contributed by atoms with E-state index in [9.17, 15) is 9.70 Å². The molecule has 5 nitrogen and oxygen atoms in total. The van der Waals surface area contributed by atoms with Crippen LogP contribution in [-0.2, 0) is 11.2 Å². The fraction of sp³-hybridized carbons (Fsp3) is 0.120. The van der Waals surface area contributed by atoms with Crippen LogP contribution in [0, 0.1) is 4.91 Å². The maximum atomic E-state index is 13.2. The van der Waals surface area contributed by atoms with E-state index in [0.717, 1.165) is 29.7 Å². The summed E-state index contributed by atoms with van der Waals surface area (Å²) in [4.78, 5) is 30.8. The number of aryl methyl sites for hydroxylation is 1. The molecule has 3 aromatic carbocycles. The Balaban J connectivity index is 1.68. The molecule has 3 aromatic rings. The lowest BCUT2D eigenvalue weighted by atomic mass is 9.96. The summed E-state index contributed by atoms with van der Waals surface area (Å²) in [5.41, 5.74) is 6.24. The van der Waals surface area contributed by atoms with Crippen LogP contribution in [0.5, 0.6) is 0 Å². The molecule has 0 spiro atoms. The number of carbonyl (C=O) groups excluding carboxylic acids is 1. The Morgan fingerprint density at radius 3 is 2.65 bits per heavy atom. The van der Waals surface area contributed by atoms with Gasteiger partial charge in [-0.1, -0.05) is 42.0 Å². The van der Waals surface area contributed by atoms with Crippen LogP contribution < -0.4 is 4.90 Å². The molecular formula is C25H18ClN3O2. The summed E-state index contributed by atoms with van der Waals surface area (Å²) in [6, 6.07) is 18.4. The van der Waals surface area contributed by atoms with E-state index in [4.69, 9.17) is 11.6 Å². The zero-order valence-corrected chi connectivity index (χ0v) is 17.3. The molecule has 0 bridgehead atoms. The molecule has 6 heteroatoms. The van der Waals surface area contributed by atoms with Crippen LogP contribution in [0.4, 0.5) is 17.1 Å². The average molecular weight is 428 g/mol. The van der Waals surface area contributed by atoms with Crippen molar-refractivity contribution >= 4 is 46.4 Å². The zero-order chi connectivity index (χ0) is 21.4. The minimum atomic E-state index is -0.142. The van der Waals surface area contributed by atoms with E-state index in [1.165, 1.54) is 5.56 Å². The molecule has 31 heavy (non-hydrogen) atoms. The molecule has 152 valence electrons. The molecule has 0 N–H and O–H groups in total. The van der Waals surface area contributed by atoms with E-state index < -0.39 is 0 Å². The van der Waals surface area contributed by atoms with Crippen LogP contribution in [-0.4, -0.2) is 18.2 Å². The number of nitrogens with zero attached hydrogens (tertiary/aromatic N) is 3. The first kappa shape index (κ1) is 19.4. The Morgan fingerprint density at radius 2 is 1.84 bits per heavy atom. The highest BCUT2D eigenvalue weighted by molar-refractivity contribution is 6.31. The number of benzodiazepines with no additional fused rings is 1. The number of aliphatic imine (C=N–C) groups is 1. The molecule has 0 radical (unpaired) electrons. The Kier molecular flexibility index (Phi) is 4.96. The topological polar surface area (TPSA) is 62.1 Å². The van der Waals surface area contributed by atoms with Crippen molar-refractivity contribution in [3.05, 3.63) is 98.9 Å². The van der Waals surface area contributed by atoms with Crippen molar-refractivity contribution in [1.29, 1.82) is 0 Å². The highest BCUT2D eigenvalue weighted by Gasteiger charge is 2.27. The van der Waals surface area contributed by atoms with Gasteiger partial charge in [0.15, 0.2) is 0 Å². The molecule has 0 fully saturated rings. The number of hydrogen-bond donors (Lipinski definition) is 0. The second kappa shape index (κ2) is 7.93. The van der Waals surface area contributed by atoms with E-state index in [2.05, 4.69) is 28.4 Å².